The molecule has 246 valence electrons. The molecule has 3 aliphatic heterocycles. The summed E-state index contributed by atoms with van der Waals surface area (Å²) in [5.74, 6) is -0.159. The Kier molecular flexibility index (Phi) is 7.59. The second-order valence-corrected chi connectivity index (χ2v) is 13.2. The number of oxazole rings is 2. The second kappa shape index (κ2) is 11.5. The minimum Gasteiger partial charge on any atom is -0.469 e. The Hall–Kier alpha value is -4.68. The van der Waals surface area contributed by atoms with E-state index in [1.807, 2.05) is 63.2 Å². The first-order valence-electron chi connectivity index (χ1n) is 16.1. The third-order valence-electron chi connectivity index (χ3n) is 9.40. The lowest BCUT2D eigenvalue weighted by molar-refractivity contribution is -0.135. The van der Waals surface area contributed by atoms with Crippen LogP contribution in [0.3, 0.4) is 0 Å². The zero-order valence-electron chi connectivity index (χ0n) is 26.9. The van der Waals surface area contributed by atoms with E-state index in [9.17, 15) is 19.8 Å². The van der Waals surface area contributed by atoms with Crippen molar-refractivity contribution in [1.82, 2.24) is 20.6 Å². The first-order valence-corrected chi connectivity index (χ1v) is 16.1. The van der Waals surface area contributed by atoms with Gasteiger partial charge in [0.05, 0.1) is 6.10 Å². The third-order valence-corrected chi connectivity index (χ3v) is 9.40. The van der Waals surface area contributed by atoms with Crippen LogP contribution < -0.4 is 20.7 Å². The summed E-state index contributed by atoms with van der Waals surface area (Å²) >= 11 is 0. The summed E-state index contributed by atoms with van der Waals surface area (Å²) < 4.78 is 19.3. The molecule has 2 amide bonds. The average molecular weight is 642 g/mol. The summed E-state index contributed by atoms with van der Waals surface area (Å²) in [6, 6.07) is 11.9. The number of aromatic nitrogens is 2. The molecular weight excluding hydrogens is 602 g/mol. The van der Waals surface area contributed by atoms with Crippen LogP contribution in [0.1, 0.15) is 87.2 Å². The maximum atomic E-state index is 14.0. The van der Waals surface area contributed by atoms with Crippen molar-refractivity contribution in [3.05, 3.63) is 82.8 Å². The van der Waals surface area contributed by atoms with Gasteiger partial charge in [-0.25, -0.2) is 9.97 Å². The number of benzene rings is 2. The molecular formula is C35H39N5O7. The number of aliphatic hydroxyl groups excluding tert-OH is 2. The lowest BCUT2D eigenvalue weighted by atomic mass is 9.72. The molecule has 1 spiro atoms. The Morgan fingerprint density at radius 2 is 1.87 bits per heavy atom. The average Bonchev–Trinajstić information content (AvgIpc) is 3.83. The minimum atomic E-state index is -1.28. The van der Waals surface area contributed by atoms with E-state index < -0.39 is 47.7 Å². The molecule has 3 aliphatic rings. The molecule has 2 aromatic carbocycles. The highest BCUT2D eigenvalue weighted by Gasteiger charge is 2.61. The van der Waals surface area contributed by atoms with E-state index in [1.54, 1.807) is 13.8 Å². The number of nitrogens with one attached hydrogen (secondary N) is 3. The molecule has 4 aromatic rings. The Balaban J connectivity index is 1.47. The van der Waals surface area contributed by atoms with Gasteiger partial charge in [0, 0.05) is 17.7 Å². The highest BCUT2D eigenvalue weighted by Crippen LogP contribution is 2.59. The van der Waals surface area contributed by atoms with Gasteiger partial charge in [0.1, 0.15) is 41.3 Å². The van der Waals surface area contributed by atoms with Crippen molar-refractivity contribution in [3.8, 4) is 17.3 Å². The Morgan fingerprint density at radius 3 is 2.62 bits per heavy atom. The van der Waals surface area contributed by atoms with Crippen molar-refractivity contribution >= 4 is 17.5 Å². The number of carbonyl (C=O) groups is 2. The molecule has 6 atom stereocenters. The Morgan fingerprint density at radius 1 is 1.09 bits per heavy atom. The predicted octanol–water partition coefficient (Wildman–Crippen LogP) is 4.12. The van der Waals surface area contributed by atoms with Gasteiger partial charge in [-0.2, -0.15) is 0 Å². The van der Waals surface area contributed by atoms with Gasteiger partial charge in [0.15, 0.2) is 17.7 Å². The quantitative estimate of drug-likeness (QED) is 0.198. The molecule has 12 nitrogen and oxygen atoms in total. The maximum Gasteiger partial charge on any atom is 0.249 e. The molecule has 4 bridgehead atoms. The first kappa shape index (κ1) is 30.9. The predicted molar refractivity (Wildman–Crippen MR) is 170 cm³/mol. The monoisotopic (exact) mass is 641 g/mol. The van der Waals surface area contributed by atoms with Crippen molar-refractivity contribution < 1.29 is 33.4 Å². The zero-order valence-corrected chi connectivity index (χ0v) is 26.9. The smallest absolute Gasteiger partial charge is 0.249 e. The van der Waals surface area contributed by atoms with Gasteiger partial charge in [0.2, 0.25) is 23.6 Å². The summed E-state index contributed by atoms with van der Waals surface area (Å²) in [4.78, 5) is 36.6. The molecule has 0 saturated carbocycles. The molecule has 5 N–H and O–H groups in total. The van der Waals surface area contributed by atoms with Crippen molar-refractivity contribution in [2.24, 2.45) is 11.8 Å². The molecule has 0 radical (unpaired) electrons. The second-order valence-electron chi connectivity index (χ2n) is 13.2. The van der Waals surface area contributed by atoms with Crippen LogP contribution in [0, 0.1) is 11.8 Å². The number of para-hydroxylation sites is 1. The van der Waals surface area contributed by atoms with E-state index in [-0.39, 0.29) is 30.0 Å². The summed E-state index contributed by atoms with van der Waals surface area (Å²) in [6.07, 6.45) is -0.691. The molecule has 7 rings (SSSR count). The summed E-state index contributed by atoms with van der Waals surface area (Å²) in [5.41, 5.74) is 2.97. The van der Waals surface area contributed by atoms with Crippen molar-refractivity contribution in [2.45, 2.75) is 83.4 Å². The lowest BCUT2D eigenvalue weighted by Crippen LogP contribution is -2.52. The van der Waals surface area contributed by atoms with E-state index in [4.69, 9.17) is 18.6 Å². The van der Waals surface area contributed by atoms with Gasteiger partial charge in [0.25, 0.3) is 0 Å². The van der Waals surface area contributed by atoms with E-state index in [0.29, 0.717) is 29.3 Å². The standard InChI is InChI=1S/C35H39N5O7/c1-6-24(41)23-15-45-32(37-23)27-29-35-19-9-7-8-10-21(19)38-34(35)46-25-12-11-18(13-20(25)35)14-22(36-31(44)28(42)17(4)5)30(43)39-26(16(2)3)33(40-27)47-29/h7-13,15-17,22,24,26,28,34,38,41-42H,6,14H2,1-5H3,(H,36,44)(H,39,43)/t22?,24?,26-,28-,34?,35?/m0/s1. The molecule has 0 saturated heterocycles. The lowest BCUT2D eigenvalue weighted by Gasteiger charge is -2.29. The van der Waals surface area contributed by atoms with E-state index in [2.05, 4.69) is 20.9 Å². The number of anilines is 1. The highest BCUT2D eigenvalue weighted by atomic mass is 16.5. The van der Waals surface area contributed by atoms with Crippen molar-refractivity contribution in [3.63, 3.8) is 0 Å². The van der Waals surface area contributed by atoms with Crippen LogP contribution in [0.2, 0.25) is 0 Å². The SMILES string of the molecule is CCC(O)c1coc(-c2nc3oc2C24c5ccccc5NC2Oc2ccc(cc24)CC(NC(=O)[C@@H](O)C(C)C)C(=O)N[C@H]3C(C)C)n1. The van der Waals surface area contributed by atoms with Gasteiger partial charge in [-0.3, -0.25) is 9.59 Å². The van der Waals surface area contributed by atoms with Gasteiger partial charge >= 0.3 is 0 Å². The summed E-state index contributed by atoms with van der Waals surface area (Å²) in [6.45, 7) is 9.20. The fraction of sp³-hybridized carbons (Fsp3) is 0.429. The Bertz CT molecular complexity index is 1850. The van der Waals surface area contributed by atoms with E-state index in [0.717, 1.165) is 22.4 Å². The molecule has 47 heavy (non-hydrogen) atoms. The van der Waals surface area contributed by atoms with Crippen molar-refractivity contribution in [2.75, 3.05) is 5.32 Å². The fourth-order valence-corrected chi connectivity index (χ4v) is 6.76. The van der Waals surface area contributed by atoms with Crippen LogP contribution in [-0.2, 0) is 21.4 Å². The van der Waals surface area contributed by atoms with Gasteiger partial charge in [-0.05, 0) is 41.5 Å². The fourth-order valence-electron chi connectivity index (χ4n) is 6.76. The molecule has 5 heterocycles. The van der Waals surface area contributed by atoms with E-state index >= 15 is 0 Å². The number of hydrogen-bond donors (Lipinski definition) is 5. The number of carbonyl (C=O) groups excluding carboxylic acids is 2. The maximum absolute atomic E-state index is 14.0. The van der Waals surface area contributed by atoms with Gasteiger partial charge in [-0.1, -0.05) is 65.0 Å². The minimum absolute atomic E-state index is 0.160. The molecule has 4 unspecified atom stereocenters. The molecule has 12 heteroatoms. The van der Waals surface area contributed by atoms with Crippen LogP contribution in [0.15, 0.2) is 57.6 Å². The van der Waals surface area contributed by atoms with Crippen LogP contribution in [0.25, 0.3) is 11.6 Å². The number of ether oxygens (including phenoxy) is 1. The van der Waals surface area contributed by atoms with Crippen LogP contribution >= 0.6 is 0 Å². The topological polar surface area (TPSA) is 172 Å². The highest BCUT2D eigenvalue weighted by molar-refractivity contribution is 5.90. The Labute approximate surface area is 271 Å². The molecule has 0 aliphatic carbocycles. The van der Waals surface area contributed by atoms with Crippen LogP contribution in [0.4, 0.5) is 5.69 Å². The van der Waals surface area contributed by atoms with Crippen LogP contribution in [-0.4, -0.2) is 50.4 Å². The number of hydrogen-bond acceptors (Lipinski definition) is 10. The zero-order chi connectivity index (χ0) is 33.2. The van der Waals surface area contributed by atoms with Crippen molar-refractivity contribution in [1.29, 1.82) is 0 Å². The van der Waals surface area contributed by atoms with Gasteiger partial charge < -0.3 is 39.7 Å². The van der Waals surface area contributed by atoms with E-state index in [1.165, 1.54) is 6.26 Å². The summed E-state index contributed by atoms with van der Waals surface area (Å²) in [7, 11) is 0. The van der Waals surface area contributed by atoms with Crippen LogP contribution in [0.5, 0.6) is 5.75 Å². The number of amides is 2. The molecule has 2 aromatic heterocycles. The summed E-state index contributed by atoms with van der Waals surface area (Å²) in [5, 5.41) is 30.4. The number of nitrogens with zero attached hydrogens (tertiary/aromatic N) is 2. The molecule has 0 fully saturated rings. The third kappa shape index (κ3) is 4.89. The van der Waals surface area contributed by atoms with Gasteiger partial charge in [-0.15, -0.1) is 0 Å². The largest absolute Gasteiger partial charge is 0.469 e. The first-order chi connectivity index (χ1) is 22.5. The normalized spacial score (nSPS) is 23.9. The number of rotatable bonds is 7. The number of aliphatic hydroxyl groups is 2. The number of fused-ring (bicyclic) bond motifs is 4.